The number of methoxy groups -OCH3 is 1. The van der Waals surface area contributed by atoms with E-state index in [1.165, 1.54) is 0 Å². The molecule has 1 aliphatic carbocycles. The predicted octanol–water partition coefficient (Wildman–Crippen LogP) is 3.25. The van der Waals surface area contributed by atoms with Crippen molar-refractivity contribution >= 4 is 28.9 Å². The molecule has 21 heavy (non-hydrogen) atoms. The number of thiocarbonyl (C=S) groups is 1. The number of allylic oxidation sites excluding steroid dienone is 1. The summed E-state index contributed by atoms with van der Waals surface area (Å²) in [6.07, 6.45) is 2.30. The number of benzene rings is 1. The van der Waals surface area contributed by atoms with Crippen molar-refractivity contribution in [2.24, 2.45) is 5.41 Å². The molecule has 1 aliphatic rings. The van der Waals surface area contributed by atoms with Gasteiger partial charge in [-0.05, 0) is 55.7 Å². The van der Waals surface area contributed by atoms with Crippen LogP contribution in [-0.4, -0.2) is 18.1 Å². The van der Waals surface area contributed by atoms with Crippen molar-refractivity contribution < 1.29 is 9.53 Å². The molecule has 2 rings (SSSR count). The maximum absolute atomic E-state index is 12.3. The van der Waals surface area contributed by atoms with Crippen LogP contribution in [0.4, 0.5) is 5.69 Å². The highest BCUT2D eigenvalue weighted by molar-refractivity contribution is 7.80. The van der Waals surface area contributed by atoms with E-state index in [2.05, 4.69) is 17.2 Å². The molecule has 0 bridgehead atoms. The van der Waals surface area contributed by atoms with Gasteiger partial charge in [0.05, 0.1) is 12.5 Å². The number of ether oxygens (including phenoxy) is 1. The van der Waals surface area contributed by atoms with Crippen molar-refractivity contribution in [2.45, 2.75) is 26.2 Å². The van der Waals surface area contributed by atoms with Gasteiger partial charge in [0.2, 0.25) is 5.91 Å². The fraction of sp³-hybridized carbons (Fsp3) is 0.375. The lowest BCUT2D eigenvalue weighted by Gasteiger charge is -2.41. The highest BCUT2D eigenvalue weighted by Gasteiger charge is 2.44. The van der Waals surface area contributed by atoms with Gasteiger partial charge in [-0.3, -0.25) is 4.79 Å². The molecule has 112 valence electrons. The average Bonchev–Trinajstić information content (AvgIpc) is 2.44. The standard InChI is InChI=1S/C16H20N2O2S/c1-4-16(9-11(2)10-16)14(19)18-15(21)17-12-5-7-13(20-3)8-6-12/h5-8H,2,4,9-10H2,1,3H3,(H2,17,18,19,21). The molecule has 1 amide bonds. The van der Waals surface area contributed by atoms with Crippen molar-refractivity contribution in [1.29, 1.82) is 0 Å². The Balaban J connectivity index is 1.92. The van der Waals surface area contributed by atoms with Crippen molar-refractivity contribution in [3.05, 3.63) is 36.4 Å². The lowest BCUT2D eigenvalue weighted by molar-refractivity contribution is -0.132. The van der Waals surface area contributed by atoms with Gasteiger partial charge in [-0.2, -0.15) is 0 Å². The summed E-state index contributed by atoms with van der Waals surface area (Å²) < 4.78 is 5.09. The first-order chi connectivity index (χ1) is 9.99. The van der Waals surface area contributed by atoms with Gasteiger partial charge in [-0.25, -0.2) is 0 Å². The van der Waals surface area contributed by atoms with Crippen LogP contribution in [-0.2, 0) is 4.79 Å². The van der Waals surface area contributed by atoms with Gasteiger partial charge >= 0.3 is 0 Å². The molecule has 0 unspecified atom stereocenters. The Labute approximate surface area is 130 Å². The number of carbonyl (C=O) groups is 1. The van der Waals surface area contributed by atoms with E-state index in [1.54, 1.807) is 7.11 Å². The van der Waals surface area contributed by atoms with Crippen LogP contribution in [0.5, 0.6) is 5.75 Å². The molecule has 0 aliphatic heterocycles. The lowest BCUT2D eigenvalue weighted by Crippen LogP contribution is -2.49. The minimum absolute atomic E-state index is 0.0246. The molecule has 0 saturated heterocycles. The number of carbonyl (C=O) groups excluding carboxylic acids is 1. The maximum atomic E-state index is 12.3. The van der Waals surface area contributed by atoms with Crippen LogP contribution in [0.2, 0.25) is 0 Å². The Bertz CT molecular complexity index is 558. The molecule has 0 atom stereocenters. The zero-order chi connectivity index (χ0) is 15.5. The fourth-order valence-corrected chi connectivity index (χ4v) is 2.76. The largest absolute Gasteiger partial charge is 0.497 e. The van der Waals surface area contributed by atoms with Crippen LogP contribution in [0.1, 0.15) is 26.2 Å². The van der Waals surface area contributed by atoms with Crippen LogP contribution in [0.25, 0.3) is 0 Å². The molecule has 2 N–H and O–H groups in total. The molecule has 1 aromatic carbocycles. The molecule has 0 aromatic heterocycles. The number of nitrogens with one attached hydrogen (secondary N) is 2. The van der Waals surface area contributed by atoms with Crippen LogP contribution >= 0.6 is 12.2 Å². The fourth-order valence-electron chi connectivity index (χ4n) is 2.55. The van der Waals surface area contributed by atoms with Gasteiger partial charge < -0.3 is 15.4 Å². The Morgan fingerprint density at radius 2 is 2.00 bits per heavy atom. The minimum atomic E-state index is -0.331. The molecule has 0 radical (unpaired) electrons. The van der Waals surface area contributed by atoms with E-state index >= 15 is 0 Å². The summed E-state index contributed by atoms with van der Waals surface area (Å²) in [7, 11) is 1.62. The Morgan fingerprint density at radius 1 is 1.38 bits per heavy atom. The van der Waals surface area contributed by atoms with Crippen LogP contribution in [0, 0.1) is 5.41 Å². The Hall–Kier alpha value is -1.88. The number of anilines is 1. The van der Waals surface area contributed by atoms with Gasteiger partial charge in [0.1, 0.15) is 5.75 Å². The summed E-state index contributed by atoms with van der Waals surface area (Å²) in [5.41, 5.74) is 1.61. The third kappa shape index (κ3) is 3.42. The smallest absolute Gasteiger partial charge is 0.232 e. The van der Waals surface area contributed by atoms with E-state index in [1.807, 2.05) is 31.2 Å². The average molecular weight is 304 g/mol. The Morgan fingerprint density at radius 3 is 2.48 bits per heavy atom. The molecular formula is C16H20N2O2S. The lowest BCUT2D eigenvalue weighted by atomic mass is 9.64. The normalized spacial score (nSPS) is 15.8. The number of hydrogen-bond acceptors (Lipinski definition) is 3. The van der Waals surface area contributed by atoms with E-state index in [0.29, 0.717) is 5.11 Å². The predicted molar refractivity (Wildman–Crippen MR) is 88.5 cm³/mol. The van der Waals surface area contributed by atoms with Gasteiger partial charge in [0, 0.05) is 5.69 Å². The first-order valence-corrected chi connectivity index (χ1v) is 7.33. The summed E-state index contributed by atoms with van der Waals surface area (Å²) in [6, 6.07) is 7.35. The second-order valence-electron chi connectivity index (χ2n) is 5.37. The van der Waals surface area contributed by atoms with E-state index in [9.17, 15) is 4.79 Å². The molecular weight excluding hydrogens is 284 g/mol. The molecule has 0 spiro atoms. The van der Waals surface area contributed by atoms with Crippen molar-refractivity contribution in [3.63, 3.8) is 0 Å². The monoisotopic (exact) mass is 304 g/mol. The number of rotatable bonds is 4. The highest BCUT2D eigenvalue weighted by Crippen LogP contribution is 2.47. The quantitative estimate of drug-likeness (QED) is 0.662. The SMILES string of the molecule is C=C1CC(CC)(C(=O)NC(=S)Nc2ccc(OC)cc2)C1. The topological polar surface area (TPSA) is 50.4 Å². The highest BCUT2D eigenvalue weighted by atomic mass is 32.1. The summed E-state index contributed by atoms with van der Waals surface area (Å²) >= 11 is 5.19. The first kappa shape index (κ1) is 15.5. The zero-order valence-corrected chi connectivity index (χ0v) is 13.2. The van der Waals surface area contributed by atoms with Crippen molar-refractivity contribution in [1.82, 2.24) is 5.32 Å². The summed E-state index contributed by atoms with van der Waals surface area (Å²) in [6.45, 7) is 5.93. The van der Waals surface area contributed by atoms with E-state index in [0.717, 1.165) is 36.3 Å². The summed E-state index contributed by atoms with van der Waals surface area (Å²) in [5, 5.41) is 6.10. The third-order valence-corrected chi connectivity index (χ3v) is 4.11. The van der Waals surface area contributed by atoms with Gasteiger partial charge in [-0.15, -0.1) is 0 Å². The minimum Gasteiger partial charge on any atom is -0.497 e. The molecule has 1 fully saturated rings. The zero-order valence-electron chi connectivity index (χ0n) is 12.4. The molecule has 4 nitrogen and oxygen atoms in total. The van der Waals surface area contributed by atoms with E-state index < -0.39 is 0 Å². The molecule has 1 saturated carbocycles. The van der Waals surface area contributed by atoms with Gasteiger partial charge in [0.25, 0.3) is 0 Å². The van der Waals surface area contributed by atoms with Crippen molar-refractivity contribution in [3.8, 4) is 5.75 Å². The molecule has 5 heteroatoms. The van der Waals surface area contributed by atoms with Crippen LogP contribution < -0.4 is 15.4 Å². The second-order valence-corrected chi connectivity index (χ2v) is 5.78. The Kier molecular flexibility index (Phi) is 4.63. The second kappa shape index (κ2) is 6.26. The maximum Gasteiger partial charge on any atom is 0.232 e. The summed E-state index contributed by atoms with van der Waals surface area (Å²) in [4.78, 5) is 12.3. The van der Waals surface area contributed by atoms with E-state index in [4.69, 9.17) is 17.0 Å². The van der Waals surface area contributed by atoms with Gasteiger partial charge in [0.15, 0.2) is 5.11 Å². The van der Waals surface area contributed by atoms with Crippen molar-refractivity contribution in [2.75, 3.05) is 12.4 Å². The number of amides is 1. The first-order valence-electron chi connectivity index (χ1n) is 6.92. The molecule has 1 aromatic rings. The molecule has 0 heterocycles. The van der Waals surface area contributed by atoms with E-state index in [-0.39, 0.29) is 11.3 Å². The number of hydrogen-bond donors (Lipinski definition) is 2. The van der Waals surface area contributed by atoms with Crippen LogP contribution in [0.3, 0.4) is 0 Å². The van der Waals surface area contributed by atoms with Gasteiger partial charge in [-0.1, -0.05) is 19.1 Å². The third-order valence-electron chi connectivity index (χ3n) is 3.91. The van der Waals surface area contributed by atoms with Crippen LogP contribution in [0.15, 0.2) is 36.4 Å². The summed E-state index contributed by atoms with van der Waals surface area (Å²) in [5.74, 6) is 0.747.